The summed E-state index contributed by atoms with van der Waals surface area (Å²) in [5.41, 5.74) is 0. The van der Waals surface area contributed by atoms with Gasteiger partial charge in [0.15, 0.2) is 0 Å². The summed E-state index contributed by atoms with van der Waals surface area (Å²) in [4.78, 5) is 2.57. The van der Waals surface area contributed by atoms with Gasteiger partial charge in [0.2, 0.25) is 0 Å². The van der Waals surface area contributed by atoms with E-state index in [2.05, 4.69) is 44.8 Å². The Morgan fingerprint density at radius 1 is 1.06 bits per heavy atom. The Kier molecular flexibility index (Phi) is 11.9. The molecule has 1 N–H and O–H groups in total. The number of rotatable bonds is 12. The number of hydrogen-bond donors (Lipinski definition) is 1. The molecule has 0 rings (SSSR count). The third-order valence-corrected chi connectivity index (χ3v) is 3.88. The van der Waals surface area contributed by atoms with E-state index >= 15 is 0 Å². The topological polar surface area (TPSA) is 15.3 Å². The van der Waals surface area contributed by atoms with Crippen LogP contribution in [0.4, 0.5) is 0 Å². The lowest BCUT2D eigenvalue weighted by molar-refractivity contribution is 0.242. The van der Waals surface area contributed by atoms with Gasteiger partial charge in [-0.1, -0.05) is 53.4 Å². The largest absolute Gasteiger partial charge is 0.313 e. The number of nitrogens with one attached hydrogen (secondary N) is 1. The molecule has 0 saturated heterocycles. The summed E-state index contributed by atoms with van der Waals surface area (Å²) >= 11 is 0. The van der Waals surface area contributed by atoms with Gasteiger partial charge in [-0.3, -0.25) is 0 Å². The van der Waals surface area contributed by atoms with Crippen LogP contribution in [0.25, 0.3) is 0 Å². The summed E-state index contributed by atoms with van der Waals surface area (Å²) in [5, 5.41) is 3.66. The van der Waals surface area contributed by atoms with Gasteiger partial charge in [0.1, 0.15) is 0 Å². The zero-order valence-corrected chi connectivity index (χ0v) is 13.5. The molecule has 0 aliphatic carbocycles. The van der Waals surface area contributed by atoms with Crippen LogP contribution in [0, 0.1) is 5.92 Å². The minimum absolute atomic E-state index is 0.679. The van der Waals surface area contributed by atoms with E-state index in [9.17, 15) is 0 Å². The summed E-state index contributed by atoms with van der Waals surface area (Å²) < 4.78 is 0. The van der Waals surface area contributed by atoms with Crippen LogP contribution in [-0.2, 0) is 0 Å². The minimum Gasteiger partial charge on any atom is -0.313 e. The van der Waals surface area contributed by atoms with Crippen LogP contribution >= 0.6 is 0 Å². The second-order valence-electron chi connectivity index (χ2n) is 5.76. The number of nitrogens with zero attached hydrogens (tertiary/aromatic N) is 1. The summed E-state index contributed by atoms with van der Waals surface area (Å²) in [7, 11) is 0. The predicted molar refractivity (Wildman–Crippen MR) is 83.2 cm³/mol. The number of unbranched alkanes of at least 4 members (excludes halogenated alkanes) is 2. The van der Waals surface area contributed by atoms with Gasteiger partial charge >= 0.3 is 0 Å². The minimum atomic E-state index is 0.679. The van der Waals surface area contributed by atoms with E-state index in [0.29, 0.717) is 6.04 Å². The Morgan fingerprint density at radius 3 is 2.33 bits per heavy atom. The lowest BCUT2D eigenvalue weighted by atomic mass is 10.1. The van der Waals surface area contributed by atoms with Crippen molar-refractivity contribution in [3.8, 4) is 0 Å². The average molecular weight is 256 g/mol. The summed E-state index contributed by atoms with van der Waals surface area (Å²) in [6.45, 7) is 16.3. The average Bonchev–Trinajstić information content (AvgIpc) is 2.37. The van der Waals surface area contributed by atoms with Crippen LogP contribution in [0.5, 0.6) is 0 Å². The fraction of sp³-hybridized carbons (Fsp3) is 1.00. The highest BCUT2D eigenvalue weighted by molar-refractivity contribution is 4.65. The van der Waals surface area contributed by atoms with Gasteiger partial charge in [0, 0.05) is 25.7 Å². The van der Waals surface area contributed by atoms with Crippen LogP contribution in [0.15, 0.2) is 0 Å². The van der Waals surface area contributed by atoms with E-state index in [0.717, 1.165) is 12.5 Å². The third kappa shape index (κ3) is 9.90. The summed E-state index contributed by atoms with van der Waals surface area (Å²) in [6, 6.07) is 0.679. The first-order valence-electron chi connectivity index (χ1n) is 8.09. The molecule has 0 aromatic carbocycles. The maximum absolute atomic E-state index is 3.66. The highest BCUT2D eigenvalue weighted by Crippen LogP contribution is 2.04. The molecule has 110 valence electrons. The Labute approximate surface area is 116 Å². The van der Waals surface area contributed by atoms with Crippen molar-refractivity contribution in [1.82, 2.24) is 10.2 Å². The molecular formula is C16H36N2. The van der Waals surface area contributed by atoms with E-state index in [4.69, 9.17) is 0 Å². The van der Waals surface area contributed by atoms with Gasteiger partial charge in [0.05, 0.1) is 0 Å². The molecule has 0 aliphatic heterocycles. The van der Waals surface area contributed by atoms with Gasteiger partial charge in [-0.25, -0.2) is 0 Å². The first-order chi connectivity index (χ1) is 8.63. The first kappa shape index (κ1) is 17.9. The molecule has 0 amide bonds. The van der Waals surface area contributed by atoms with E-state index < -0.39 is 0 Å². The van der Waals surface area contributed by atoms with Crippen molar-refractivity contribution >= 4 is 0 Å². The summed E-state index contributed by atoms with van der Waals surface area (Å²) in [5.74, 6) is 0.826. The van der Waals surface area contributed by atoms with E-state index in [1.165, 1.54) is 51.7 Å². The fourth-order valence-corrected chi connectivity index (χ4v) is 2.22. The lowest BCUT2D eigenvalue weighted by Crippen LogP contribution is -2.37. The molecule has 0 spiro atoms. The zero-order chi connectivity index (χ0) is 13.8. The van der Waals surface area contributed by atoms with E-state index in [-0.39, 0.29) is 0 Å². The molecule has 2 heteroatoms. The van der Waals surface area contributed by atoms with Crippen molar-refractivity contribution in [2.75, 3.05) is 26.2 Å². The Bertz CT molecular complexity index is 170. The van der Waals surface area contributed by atoms with Crippen molar-refractivity contribution in [2.45, 2.75) is 72.8 Å². The SMILES string of the molecule is CCCCCC(C)NCCN(CC)CC(C)CC. The normalized spacial score (nSPS) is 15.0. The van der Waals surface area contributed by atoms with Crippen LogP contribution < -0.4 is 5.32 Å². The molecule has 0 aromatic rings. The van der Waals surface area contributed by atoms with Crippen LogP contribution in [-0.4, -0.2) is 37.1 Å². The highest BCUT2D eigenvalue weighted by atomic mass is 15.1. The first-order valence-corrected chi connectivity index (χ1v) is 8.09. The molecule has 2 atom stereocenters. The van der Waals surface area contributed by atoms with Gasteiger partial charge in [0.25, 0.3) is 0 Å². The molecule has 0 bridgehead atoms. The maximum atomic E-state index is 3.66. The molecule has 0 aromatic heterocycles. The molecule has 0 radical (unpaired) electrons. The summed E-state index contributed by atoms with van der Waals surface area (Å²) in [6.07, 6.45) is 6.68. The van der Waals surface area contributed by atoms with Gasteiger partial charge in [-0.2, -0.15) is 0 Å². The van der Waals surface area contributed by atoms with Crippen molar-refractivity contribution < 1.29 is 0 Å². The molecule has 18 heavy (non-hydrogen) atoms. The molecular weight excluding hydrogens is 220 g/mol. The van der Waals surface area contributed by atoms with E-state index in [1.807, 2.05) is 0 Å². The number of likely N-dealkylation sites (N-methyl/N-ethyl adjacent to an activating group) is 1. The molecule has 2 nitrogen and oxygen atoms in total. The lowest BCUT2D eigenvalue weighted by Gasteiger charge is -2.24. The highest BCUT2D eigenvalue weighted by Gasteiger charge is 2.07. The van der Waals surface area contributed by atoms with Crippen molar-refractivity contribution in [1.29, 1.82) is 0 Å². The van der Waals surface area contributed by atoms with Crippen molar-refractivity contribution in [2.24, 2.45) is 5.92 Å². The quantitative estimate of drug-likeness (QED) is 0.533. The maximum Gasteiger partial charge on any atom is 0.0107 e. The second-order valence-corrected chi connectivity index (χ2v) is 5.76. The van der Waals surface area contributed by atoms with Crippen LogP contribution in [0.3, 0.4) is 0 Å². The molecule has 0 heterocycles. The van der Waals surface area contributed by atoms with Gasteiger partial charge < -0.3 is 10.2 Å². The van der Waals surface area contributed by atoms with Crippen molar-refractivity contribution in [3.63, 3.8) is 0 Å². The van der Waals surface area contributed by atoms with Gasteiger partial charge in [-0.05, 0) is 25.8 Å². The molecule has 0 saturated carbocycles. The Hall–Kier alpha value is -0.0800. The van der Waals surface area contributed by atoms with Crippen LogP contribution in [0.1, 0.15) is 66.7 Å². The predicted octanol–water partition coefficient (Wildman–Crippen LogP) is 3.91. The van der Waals surface area contributed by atoms with Crippen LogP contribution in [0.2, 0.25) is 0 Å². The zero-order valence-electron chi connectivity index (χ0n) is 13.5. The Balaban J connectivity index is 3.59. The smallest absolute Gasteiger partial charge is 0.0107 e. The fourth-order valence-electron chi connectivity index (χ4n) is 2.22. The standard InChI is InChI=1S/C16H36N2/c1-6-9-10-11-16(5)17-12-13-18(8-3)14-15(4)7-2/h15-17H,6-14H2,1-5H3. The van der Waals surface area contributed by atoms with Gasteiger partial charge in [-0.15, -0.1) is 0 Å². The molecule has 0 aliphatic rings. The Morgan fingerprint density at radius 2 is 1.78 bits per heavy atom. The molecule has 0 fully saturated rings. The third-order valence-electron chi connectivity index (χ3n) is 3.88. The number of hydrogen-bond acceptors (Lipinski definition) is 2. The monoisotopic (exact) mass is 256 g/mol. The second kappa shape index (κ2) is 12.0. The van der Waals surface area contributed by atoms with Crippen molar-refractivity contribution in [3.05, 3.63) is 0 Å². The molecule has 2 unspecified atom stereocenters. The van der Waals surface area contributed by atoms with E-state index in [1.54, 1.807) is 0 Å².